The van der Waals surface area contributed by atoms with Gasteiger partial charge in [0.25, 0.3) is 0 Å². The molecule has 1 atom stereocenters. The third-order valence-corrected chi connectivity index (χ3v) is 6.13. The fraction of sp³-hybridized carbons (Fsp3) is 0.625. The zero-order chi connectivity index (χ0) is 22.4. The number of guanidine groups is 1. The normalized spacial score (nSPS) is 16.9. The van der Waals surface area contributed by atoms with E-state index in [4.69, 9.17) is 4.99 Å². The number of aliphatic imine (C=N–C) groups is 1. The number of aliphatic hydroxyl groups excluding tert-OH is 1. The van der Waals surface area contributed by atoms with Gasteiger partial charge >= 0.3 is 0 Å². The van der Waals surface area contributed by atoms with E-state index >= 15 is 0 Å². The van der Waals surface area contributed by atoms with Crippen molar-refractivity contribution >= 4 is 5.96 Å². The van der Waals surface area contributed by atoms with Crippen LogP contribution in [0, 0.1) is 6.92 Å². The maximum Gasteiger partial charge on any atom is 0.192 e. The lowest BCUT2D eigenvalue weighted by Crippen LogP contribution is -2.45. The van der Waals surface area contributed by atoms with Gasteiger partial charge in [-0.2, -0.15) is 0 Å². The van der Waals surface area contributed by atoms with Gasteiger partial charge in [0.2, 0.25) is 0 Å². The molecule has 1 fully saturated rings. The number of nitrogens with zero attached hydrogens (tertiary/aromatic N) is 4. The van der Waals surface area contributed by atoms with Crippen molar-refractivity contribution in [2.24, 2.45) is 12.0 Å². The van der Waals surface area contributed by atoms with Crippen LogP contribution in [-0.4, -0.2) is 38.4 Å². The van der Waals surface area contributed by atoms with Gasteiger partial charge in [-0.3, -0.25) is 0 Å². The van der Waals surface area contributed by atoms with Crippen LogP contribution in [0.4, 0.5) is 0 Å². The van der Waals surface area contributed by atoms with Gasteiger partial charge in [0, 0.05) is 19.6 Å². The fourth-order valence-electron chi connectivity index (χ4n) is 3.85. The second-order valence-electron chi connectivity index (χ2n) is 9.64. The zero-order valence-corrected chi connectivity index (χ0v) is 19.6. The van der Waals surface area contributed by atoms with E-state index < -0.39 is 6.10 Å². The first-order chi connectivity index (χ1) is 14.7. The van der Waals surface area contributed by atoms with Gasteiger partial charge in [0.05, 0.1) is 6.10 Å². The molecule has 0 amide bonds. The summed E-state index contributed by atoms with van der Waals surface area (Å²) in [5, 5.41) is 25.9. The molecule has 1 unspecified atom stereocenters. The molecule has 2 aromatic rings. The van der Waals surface area contributed by atoms with Gasteiger partial charge in [-0.25, -0.2) is 4.99 Å². The number of aliphatic hydroxyl groups is 1. The number of benzene rings is 1. The standard InChI is InChI=1S/C24H38N6O/c1-17-28-29-22(30(17)5)16-26-23(27-20-9-7-6-8-10-20)25-15-21(31)18-11-13-19(14-12-18)24(2,3)4/h11-14,20-21,31H,6-10,15-16H2,1-5H3,(H2,25,26,27). The summed E-state index contributed by atoms with van der Waals surface area (Å²) in [6.07, 6.45) is 5.50. The molecule has 1 saturated carbocycles. The summed E-state index contributed by atoms with van der Waals surface area (Å²) in [4.78, 5) is 4.73. The molecular weight excluding hydrogens is 388 g/mol. The van der Waals surface area contributed by atoms with E-state index in [1.54, 1.807) is 0 Å². The average Bonchev–Trinajstić information content (AvgIpc) is 3.07. The smallest absolute Gasteiger partial charge is 0.192 e. The third-order valence-electron chi connectivity index (χ3n) is 6.13. The van der Waals surface area contributed by atoms with E-state index in [-0.39, 0.29) is 5.41 Å². The Morgan fingerprint density at radius 1 is 1.16 bits per heavy atom. The molecule has 0 bridgehead atoms. The fourth-order valence-corrected chi connectivity index (χ4v) is 3.85. The summed E-state index contributed by atoms with van der Waals surface area (Å²) in [7, 11) is 1.95. The van der Waals surface area contributed by atoms with Crippen molar-refractivity contribution < 1.29 is 5.11 Å². The van der Waals surface area contributed by atoms with Crippen molar-refractivity contribution in [2.75, 3.05) is 6.54 Å². The Morgan fingerprint density at radius 3 is 2.42 bits per heavy atom. The summed E-state index contributed by atoms with van der Waals surface area (Å²) < 4.78 is 1.95. The Hall–Kier alpha value is -2.41. The second-order valence-corrected chi connectivity index (χ2v) is 9.64. The first-order valence-electron chi connectivity index (χ1n) is 11.4. The maximum absolute atomic E-state index is 10.7. The summed E-state index contributed by atoms with van der Waals surface area (Å²) in [6.45, 7) is 9.34. The molecule has 1 aromatic heterocycles. The maximum atomic E-state index is 10.7. The lowest BCUT2D eigenvalue weighted by atomic mass is 9.86. The van der Waals surface area contributed by atoms with Crippen molar-refractivity contribution in [3.63, 3.8) is 0 Å². The highest BCUT2D eigenvalue weighted by Crippen LogP contribution is 2.24. The molecule has 7 nitrogen and oxygen atoms in total. The van der Waals surface area contributed by atoms with Crippen molar-refractivity contribution in [1.29, 1.82) is 0 Å². The van der Waals surface area contributed by atoms with Crippen LogP contribution in [0.3, 0.4) is 0 Å². The van der Waals surface area contributed by atoms with E-state index in [0.717, 1.165) is 36.0 Å². The molecule has 1 aliphatic carbocycles. The Balaban J connectivity index is 1.65. The van der Waals surface area contributed by atoms with Crippen LogP contribution < -0.4 is 10.6 Å². The molecule has 1 aliphatic rings. The first kappa shape index (κ1) is 23.3. The Morgan fingerprint density at radius 2 is 1.84 bits per heavy atom. The van der Waals surface area contributed by atoms with Crippen LogP contribution in [0.25, 0.3) is 0 Å². The van der Waals surface area contributed by atoms with Gasteiger partial charge in [0.15, 0.2) is 11.8 Å². The molecule has 3 rings (SSSR count). The highest BCUT2D eigenvalue weighted by atomic mass is 16.3. The minimum atomic E-state index is -0.607. The van der Waals surface area contributed by atoms with Crippen molar-refractivity contribution in [2.45, 2.75) is 83.9 Å². The minimum absolute atomic E-state index is 0.101. The molecule has 1 heterocycles. The van der Waals surface area contributed by atoms with Gasteiger partial charge in [0.1, 0.15) is 12.4 Å². The molecule has 0 aliphatic heterocycles. The number of aromatic nitrogens is 3. The van der Waals surface area contributed by atoms with Crippen molar-refractivity contribution in [1.82, 2.24) is 25.4 Å². The number of nitrogens with one attached hydrogen (secondary N) is 2. The molecule has 0 spiro atoms. The van der Waals surface area contributed by atoms with E-state index in [1.165, 1.54) is 24.8 Å². The third kappa shape index (κ3) is 6.53. The van der Waals surface area contributed by atoms with E-state index in [0.29, 0.717) is 19.1 Å². The van der Waals surface area contributed by atoms with Crippen LogP contribution in [0.15, 0.2) is 29.3 Å². The minimum Gasteiger partial charge on any atom is -0.387 e. The molecular formula is C24H38N6O. The predicted molar refractivity (Wildman–Crippen MR) is 125 cm³/mol. The average molecular weight is 427 g/mol. The summed E-state index contributed by atoms with van der Waals surface area (Å²) in [6, 6.07) is 8.65. The predicted octanol–water partition coefficient (Wildman–Crippen LogP) is 3.52. The summed E-state index contributed by atoms with van der Waals surface area (Å²) >= 11 is 0. The van der Waals surface area contributed by atoms with E-state index in [1.807, 2.05) is 30.7 Å². The Kier molecular flexibility index (Phi) is 7.70. The van der Waals surface area contributed by atoms with Crippen LogP contribution in [0.1, 0.15) is 81.8 Å². The quantitative estimate of drug-likeness (QED) is 0.486. The molecule has 170 valence electrons. The second kappa shape index (κ2) is 10.3. The summed E-state index contributed by atoms with van der Waals surface area (Å²) in [5.74, 6) is 2.41. The number of rotatable bonds is 6. The van der Waals surface area contributed by atoms with Gasteiger partial charge in [-0.15, -0.1) is 10.2 Å². The van der Waals surface area contributed by atoms with Crippen molar-refractivity contribution in [3.05, 3.63) is 47.0 Å². The van der Waals surface area contributed by atoms with E-state index in [2.05, 4.69) is 53.7 Å². The highest BCUT2D eigenvalue weighted by molar-refractivity contribution is 5.80. The molecule has 3 N–H and O–H groups in total. The lowest BCUT2D eigenvalue weighted by molar-refractivity contribution is 0.180. The molecule has 31 heavy (non-hydrogen) atoms. The van der Waals surface area contributed by atoms with Gasteiger partial charge in [-0.05, 0) is 36.3 Å². The first-order valence-corrected chi connectivity index (χ1v) is 11.4. The number of hydrogen-bond donors (Lipinski definition) is 3. The Labute approximate surface area is 186 Å². The molecule has 0 saturated heterocycles. The Bertz CT molecular complexity index is 859. The topological polar surface area (TPSA) is 87.4 Å². The van der Waals surface area contributed by atoms with Crippen LogP contribution in [-0.2, 0) is 19.0 Å². The molecule has 0 radical (unpaired) electrons. The lowest BCUT2D eigenvalue weighted by Gasteiger charge is -2.26. The monoisotopic (exact) mass is 426 g/mol. The SMILES string of the molecule is Cc1nnc(CN=C(NCC(O)c2ccc(C(C)(C)C)cc2)NC2CCCCC2)n1C. The van der Waals surface area contributed by atoms with Crippen molar-refractivity contribution in [3.8, 4) is 0 Å². The highest BCUT2D eigenvalue weighted by Gasteiger charge is 2.17. The van der Waals surface area contributed by atoms with Crippen LogP contribution in [0.2, 0.25) is 0 Å². The van der Waals surface area contributed by atoms with E-state index in [9.17, 15) is 5.11 Å². The van der Waals surface area contributed by atoms with Gasteiger partial charge in [-0.1, -0.05) is 64.3 Å². The number of hydrogen-bond acceptors (Lipinski definition) is 4. The number of aryl methyl sites for hydroxylation is 1. The molecule has 7 heteroatoms. The molecule has 1 aromatic carbocycles. The van der Waals surface area contributed by atoms with Crippen LogP contribution in [0.5, 0.6) is 0 Å². The summed E-state index contributed by atoms with van der Waals surface area (Å²) in [5.41, 5.74) is 2.27. The largest absolute Gasteiger partial charge is 0.387 e. The van der Waals surface area contributed by atoms with Gasteiger partial charge < -0.3 is 20.3 Å². The zero-order valence-electron chi connectivity index (χ0n) is 19.6. The van der Waals surface area contributed by atoms with Crippen LogP contribution >= 0.6 is 0 Å².